The summed E-state index contributed by atoms with van der Waals surface area (Å²) in [5.41, 5.74) is 0.447. The molecule has 0 aliphatic rings. The molecule has 0 saturated heterocycles. The molecule has 9 heteroatoms. The molecular formula is C18H17ClFNO5S. The van der Waals surface area contributed by atoms with E-state index in [1.54, 1.807) is 0 Å². The van der Waals surface area contributed by atoms with Gasteiger partial charge in [-0.3, -0.25) is 9.59 Å². The molecule has 0 aliphatic heterocycles. The minimum atomic E-state index is -3.83. The van der Waals surface area contributed by atoms with Gasteiger partial charge in [0.25, 0.3) is 0 Å². The monoisotopic (exact) mass is 413 g/mol. The van der Waals surface area contributed by atoms with Crippen molar-refractivity contribution in [3.8, 4) is 0 Å². The van der Waals surface area contributed by atoms with Crippen molar-refractivity contribution in [2.24, 2.45) is 0 Å². The van der Waals surface area contributed by atoms with E-state index in [1.807, 2.05) is 0 Å². The number of ether oxygens (including phenoxy) is 1. The van der Waals surface area contributed by atoms with Crippen LogP contribution in [0.3, 0.4) is 0 Å². The van der Waals surface area contributed by atoms with Gasteiger partial charge in [-0.05, 0) is 31.2 Å². The number of nitrogens with one attached hydrogen (secondary N) is 1. The van der Waals surface area contributed by atoms with Crippen LogP contribution in [-0.2, 0) is 26.2 Å². The Labute approximate surface area is 161 Å². The van der Waals surface area contributed by atoms with E-state index in [-0.39, 0.29) is 40.8 Å². The van der Waals surface area contributed by atoms with Crippen molar-refractivity contribution >= 4 is 33.4 Å². The second-order valence-electron chi connectivity index (χ2n) is 5.59. The van der Waals surface area contributed by atoms with Gasteiger partial charge in [-0.1, -0.05) is 29.8 Å². The van der Waals surface area contributed by atoms with E-state index >= 15 is 0 Å². The lowest BCUT2D eigenvalue weighted by molar-refractivity contribution is -0.144. The lowest BCUT2D eigenvalue weighted by Gasteiger charge is -2.09. The molecule has 0 radical (unpaired) electrons. The SMILES string of the molecule is CC(=O)c1ccc(S(=O)(=O)NCCC(=O)OCc2c(F)cccc2Cl)cc1. The maximum Gasteiger partial charge on any atom is 0.307 e. The average molecular weight is 414 g/mol. The summed E-state index contributed by atoms with van der Waals surface area (Å²) in [5, 5.41) is 0.137. The number of carbonyl (C=O) groups is 2. The van der Waals surface area contributed by atoms with Crippen molar-refractivity contribution in [3.05, 3.63) is 64.4 Å². The lowest BCUT2D eigenvalue weighted by Crippen LogP contribution is -2.26. The molecule has 0 atom stereocenters. The average Bonchev–Trinajstić information content (AvgIpc) is 2.61. The normalized spacial score (nSPS) is 11.2. The number of rotatable bonds is 8. The van der Waals surface area contributed by atoms with Gasteiger partial charge in [-0.15, -0.1) is 0 Å². The molecular weight excluding hydrogens is 397 g/mol. The topological polar surface area (TPSA) is 89.5 Å². The van der Waals surface area contributed by atoms with Crippen LogP contribution in [0.4, 0.5) is 4.39 Å². The van der Waals surface area contributed by atoms with E-state index < -0.39 is 21.8 Å². The van der Waals surface area contributed by atoms with E-state index in [9.17, 15) is 22.4 Å². The summed E-state index contributed by atoms with van der Waals surface area (Å²) < 4.78 is 45.1. The maximum absolute atomic E-state index is 13.6. The van der Waals surface area contributed by atoms with E-state index in [0.29, 0.717) is 5.56 Å². The van der Waals surface area contributed by atoms with E-state index in [1.165, 1.54) is 49.4 Å². The number of sulfonamides is 1. The Morgan fingerprint density at radius 3 is 2.41 bits per heavy atom. The summed E-state index contributed by atoms with van der Waals surface area (Å²) >= 11 is 5.83. The molecule has 1 N–H and O–H groups in total. The minimum Gasteiger partial charge on any atom is -0.461 e. The molecule has 2 aromatic carbocycles. The molecule has 0 unspecified atom stereocenters. The van der Waals surface area contributed by atoms with Gasteiger partial charge in [0.05, 0.1) is 16.3 Å². The molecule has 0 bridgehead atoms. The van der Waals surface area contributed by atoms with Crippen LogP contribution >= 0.6 is 11.6 Å². The molecule has 2 rings (SSSR count). The summed E-state index contributed by atoms with van der Waals surface area (Å²) in [4.78, 5) is 22.9. The number of halogens is 2. The van der Waals surface area contributed by atoms with E-state index in [4.69, 9.17) is 16.3 Å². The Morgan fingerprint density at radius 1 is 1.15 bits per heavy atom. The van der Waals surface area contributed by atoms with Gasteiger partial charge in [-0.2, -0.15) is 0 Å². The standard InChI is InChI=1S/C18H17ClFNO5S/c1-12(22)13-5-7-14(8-6-13)27(24,25)21-10-9-18(23)26-11-15-16(19)3-2-4-17(15)20/h2-8,21H,9-11H2,1H3. The number of hydrogen-bond donors (Lipinski definition) is 1. The Balaban J connectivity index is 1.85. The molecule has 2 aromatic rings. The van der Waals surface area contributed by atoms with Crippen LogP contribution in [0.2, 0.25) is 5.02 Å². The van der Waals surface area contributed by atoms with Crippen molar-refractivity contribution in [2.45, 2.75) is 24.8 Å². The lowest BCUT2D eigenvalue weighted by atomic mass is 10.2. The van der Waals surface area contributed by atoms with Gasteiger partial charge >= 0.3 is 5.97 Å². The first-order valence-electron chi connectivity index (χ1n) is 7.90. The van der Waals surface area contributed by atoms with Gasteiger partial charge in [0, 0.05) is 17.7 Å². The molecule has 6 nitrogen and oxygen atoms in total. The zero-order valence-electron chi connectivity index (χ0n) is 14.4. The summed E-state index contributed by atoms with van der Waals surface area (Å²) in [5.74, 6) is -1.47. The van der Waals surface area contributed by atoms with Crippen molar-refractivity contribution in [1.82, 2.24) is 4.72 Å². The molecule has 0 spiro atoms. The second kappa shape index (κ2) is 9.07. The molecule has 0 saturated carbocycles. The summed E-state index contributed by atoms with van der Waals surface area (Å²) in [6, 6.07) is 9.52. The van der Waals surface area contributed by atoms with Crippen LogP contribution in [0.5, 0.6) is 0 Å². The van der Waals surface area contributed by atoms with Gasteiger partial charge in [0.1, 0.15) is 12.4 Å². The highest BCUT2D eigenvalue weighted by Gasteiger charge is 2.15. The number of benzene rings is 2. The number of hydrogen-bond acceptors (Lipinski definition) is 5. The van der Waals surface area contributed by atoms with Gasteiger partial charge in [0.2, 0.25) is 10.0 Å². The first-order chi connectivity index (χ1) is 12.7. The fraction of sp³-hybridized carbons (Fsp3) is 0.222. The molecule has 0 amide bonds. The quantitative estimate of drug-likeness (QED) is 0.530. The summed E-state index contributed by atoms with van der Waals surface area (Å²) in [7, 11) is -3.83. The molecule has 27 heavy (non-hydrogen) atoms. The number of carbonyl (C=O) groups excluding carboxylic acids is 2. The maximum atomic E-state index is 13.6. The number of esters is 1. The minimum absolute atomic E-state index is 0.0287. The van der Waals surface area contributed by atoms with E-state index in [2.05, 4.69) is 4.72 Å². The highest BCUT2D eigenvalue weighted by atomic mass is 35.5. The third-order valence-electron chi connectivity index (χ3n) is 3.63. The second-order valence-corrected chi connectivity index (χ2v) is 7.76. The molecule has 0 aliphatic carbocycles. The van der Waals surface area contributed by atoms with Gasteiger partial charge in [-0.25, -0.2) is 17.5 Å². The Kier molecular flexibility index (Phi) is 7.06. The van der Waals surface area contributed by atoms with Crippen LogP contribution in [-0.4, -0.2) is 26.7 Å². The first kappa shape index (κ1) is 21.0. The molecule has 144 valence electrons. The van der Waals surface area contributed by atoms with Crippen molar-refractivity contribution in [2.75, 3.05) is 6.54 Å². The fourth-order valence-corrected chi connectivity index (χ4v) is 3.38. The third-order valence-corrected chi connectivity index (χ3v) is 5.46. The number of Topliss-reactive ketones (excluding diaryl/α,β-unsaturated/α-hetero) is 1. The summed E-state index contributed by atoms with van der Waals surface area (Å²) in [6.45, 7) is 0.839. The summed E-state index contributed by atoms with van der Waals surface area (Å²) in [6.07, 6.45) is -0.239. The smallest absolute Gasteiger partial charge is 0.307 e. The van der Waals surface area contributed by atoms with Crippen molar-refractivity contribution < 1.29 is 27.1 Å². The van der Waals surface area contributed by atoms with Crippen molar-refractivity contribution in [1.29, 1.82) is 0 Å². The van der Waals surface area contributed by atoms with Crippen LogP contribution in [0.25, 0.3) is 0 Å². The van der Waals surface area contributed by atoms with Crippen LogP contribution < -0.4 is 4.72 Å². The number of ketones is 1. The fourth-order valence-electron chi connectivity index (χ4n) is 2.13. The van der Waals surface area contributed by atoms with E-state index in [0.717, 1.165) is 0 Å². The molecule has 0 aromatic heterocycles. The molecule has 0 heterocycles. The predicted molar refractivity (Wildman–Crippen MR) is 97.5 cm³/mol. The Morgan fingerprint density at radius 2 is 1.81 bits per heavy atom. The zero-order valence-corrected chi connectivity index (χ0v) is 15.9. The first-order valence-corrected chi connectivity index (χ1v) is 9.76. The largest absolute Gasteiger partial charge is 0.461 e. The van der Waals surface area contributed by atoms with Gasteiger partial charge in [0.15, 0.2) is 5.78 Å². The van der Waals surface area contributed by atoms with Crippen LogP contribution in [0.1, 0.15) is 29.3 Å². The van der Waals surface area contributed by atoms with Gasteiger partial charge < -0.3 is 4.74 Å². The highest BCUT2D eigenvalue weighted by Crippen LogP contribution is 2.19. The van der Waals surface area contributed by atoms with Crippen LogP contribution in [0.15, 0.2) is 47.4 Å². The van der Waals surface area contributed by atoms with Crippen molar-refractivity contribution in [3.63, 3.8) is 0 Å². The zero-order chi connectivity index (χ0) is 20.0. The van der Waals surface area contributed by atoms with Crippen LogP contribution in [0, 0.1) is 5.82 Å². The molecule has 0 fully saturated rings. The Bertz CT molecular complexity index is 924. The predicted octanol–water partition coefficient (Wildman–Crippen LogP) is 3.09. The third kappa shape index (κ3) is 5.85. The Hall–Kier alpha value is -2.29. The highest BCUT2D eigenvalue weighted by molar-refractivity contribution is 7.89.